The normalized spacial score (nSPS) is 16.1. The Bertz CT molecular complexity index is 883. The van der Waals surface area contributed by atoms with Crippen molar-refractivity contribution >= 4 is 26.0 Å². The zero-order valence-electron chi connectivity index (χ0n) is 12.5. The zero-order chi connectivity index (χ0) is 16.4. The quantitative estimate of drug-likeness (QED) is 0.543. The molecule has 3 nitrogen and oxygen atoms in total. The van der Waals surface area contributed by atoms with Crippen molar-refractivity contribution in [2.45, 2.75) is 6.61 Å². The Morgan fingerprint density at radius 2 is 1.96 bits per heavy atom. The first-order valence-corrected chi connectivity index (χ1v) is 15.8. The molecule has 4 rings (SSSR count). The third kappa shape index (κ3) is 3.61. The Labute approximate surface area is 156 Å². The van der Waals surface area contributed by atoms with Crippen molar-refractivity contribution in [1.82, 2.24) is 0 Å². The predicted octanol–water partition coefficient (Wildman–Crippen LogP) is 0.997. The van der Waals surface area contributed by atoms with Crippen LogP contribution in [0, 0.1) is 3.57 Å². The summed E-state index contributed by atoms with van der Waals surface area (Å²) < 4.78 is 14.5. The molecule has 5 heteroatoms. The van der Waals surface area contributed by atoms with E-state index in [4.69, 9.17) is 9.47 Å². The summed E-state index contributed by atoms with van der Waals surface area (Å²) >= 11 is -0.155. The van der Waals surface area contributed by atoms with Crippen LogP contribution in [-0.4, -0.2) is 9.29 Å². The van der Waals surface area contributed by atoms with Gasteiger partial charge >= 0.3 is 157 Å². The number of hydrogen-bond acceptors (Lipinski definition) is 3. The molecule has 0 atom stereocenters. The number of benzene rings is 2. The van der Waals surface area contributed by atoms with Gasteiger partial charge in [0, 0.05) is 0 Å². The molecule has 0 aromatic heterocycles. The minimum atomic E-state index is -0.0839. The Balaban J connectivity index is 1.55. The number of fused-ring (bicyclic) bond motifs is 2. The molecule has 122 valence electrons. The van der Waals surface area contributed by atoms with Gasteiger partial charge in [0.05, 0.1) is 0 Å². The molecule has 0 spiro atoms. The summed E-state index contributed by atoms with van der Waals surface area (Å²) in [6.07, 6.45) is 5.17. The number of carbonyl (C=O) groups excluding carboxylic acids is 1. The average Bonchev–Trinajstić information content (AvgIpc) is 2.79. The second-order valence-electron chi connectivity index (χ2n) is 5.20. The molecule has 0 amide bonds. The zero-order valence-corrected chi connectivity index (χ0v) is 16.9. The number of hydrogen-bond donors (Lipinski definition) is 0. The Hall–Kier alpha value is -1.48. The summed E-state index contributed by atoms with van der Waals surface area (Å²) in [5.74, 6) is 2.36. The molecule has 2 aromatic rings. The third-order valence-corrected chi connectivity index (χ3v) is 13.6. The van der Waals surface area contributed by atoms with Gasteiger partial charge in [0.2, 0.25) is 0 Å². The van der Waals surface area contributed by atoms with E-state index in [2.05, 4.69) is 6.07 Å². The van der Waals surface area contributed by atoms with Crippen LogP contribution in [0.5, 0.6) is 11.5 Å². The first kappa shape index (κ1) is 16.0. The fraction of sp³-hybridized carbons (Fsp3) is 0.0526. The van der Waals surface area contributed by atoms with Crippen molar-refractivity contribution in [2.75, 3.05) is 0 Å². The van der Waals surface area contributed by atoms with Crippen LogP contribution in [-0.2, 0) is 11.4 Å². The number of allylic oxidation sites excluding steroid dienone is 3. The van der Waals surface area contributed by atoms with Crippen molar-refractivity contribution in [1.29, 1.82) is 0 Å². The molecule has 0 unspecified atom stereocenters. The Morgan fingerprint density at radius 3 is 2.83 bits per heavy atom. The molecule has 0 N–H and O–H groups in total. The van der Waals surface area contributed by atoms with E-state index in [1.807, 2.05) is 48.5 Å². The van der Waals surface area contributed by atoms with E-state index in [9.17, 15) is 4.79 Å². The third-order valence-electron chi connectivity index (χ3n) is 3.46. The standard InChI is InChI=1S/C19H13I2O3/c22-14-6-8-16-18(10-14)24-19-11-15(7-9-17(19)21-20-16)23-12-13-4-2-1-3-5-13/h1-11H,12H2/q-1. The van der Waals surface area contributed by atoms with Gasteiger partial charge < -0.3 is 0 Å². The number of rotatable bonds is 3. The van der Waals surface area contributed by atoms with E-state index < -0.39 is 0 Å². The topological polar surface area (TPSA) is 35.5 Å². The maximum atomic E-state index is 11.6. The van der Waals surface area contributed by atoms with Crippen molar-refractivity contribution < 1.29 is 31.5 Å². The first-order chi connectivity index (χ1) is 11.8. The van der Waals surface area contributed by atoms with Gasteiger partial charge in [-0.3, -0.25) is 0 Å². The van der Waals surface area contributed by atoms with Crippen molar-refractivity contribution in [3.63, 3.8) is 0 Å². The number of carbonyl (C=O) groups is 1. The van der Waals surface area contributed by atoms with Gasteiger partial charge in [0.1, 0.15) is 0 Å². The van der Waals surface area contributed by atoms with Crippen LogP contribution >= 0.6 is 16.8 Å². The molecular weight excluding hydrogens is 530 g/mol. The van der Waals surface area contributed by atoms with E-state index in [-0.39, 0.29) is 39.8 Å². The van der Waals surface area contributed by atoms with E-state index in [1.165, 1.54) is 7.08 Å². The van der Waals surface area contributed by atoms with Crippen LogP contribution in [0.25, 0.3) is 0 Å². The molecule has 0 bridgehead atoms. The van der Waals surface area contributed by atoms with Crippen LogP contribution in [0.15, 0.2) is 72.5 Å². The van der Waals surface area contributed by atoms with Crippen LogP contribution in [0.3, 0.4) is 0 Å². The summed E-state index contributed by atoms with van der Waals surface area (Å²) in [6.45, 7) is 0.531. The summed E-state index contributed by atoms with van der Waals surface area (Å²) in [5.41, 5.74) is 1.13. The van der Waals surface area contributed by atoms with Crippen molar-refractivity contribution in [2.24, 2.45) is 0 Å². The molecule has 2 aromatic carbocycles. The molecule has 24 heavy (non-hydrogen) atoms. The fourth-order valence-corrected chi connectivity index (χ4v) is 11.7. The molecular formula is C19H13I2O3-. The summed E-state index contributed by atoms with van der Waals surface area (Å²) in [5, 5.41) is 0. The Kier molecular flexibility index (Phi) is 4.79. The monoisotopic (exact) mass is 543 g/mol. The SMILES string of the molecule is O=C1C=CC2=I[I-]c3ccc(OCc4ccccc4)cc3OC2=C1. The van der Waals surface area contributed by atoms with Gasteiger partial charge in [-0.05, 0) is 0 Å². The Morgan fingerprint density at radius 1 is 1.08 bits per heavy atom. The molecule has 0 saturated heterocycles. The molecule has 1 heterocycles. The number of ketones is 1. The second-order valence-corrected chi connectivity index (χ2v) is 13.8. The second kappa shape index (κ2) is 7.18. The van der Waals surface area contributed by atoms with E-state index in [0.29, 0.717) is 6.61 Å². The summed E-state index contributed by atoms with van der Waals surface area (Å²) in [7, 11) is 0. The maximum absolute atomic E-state index is 11.6. The van der Waals surface area contributed by atoms with Crippen molar-refractivity contribution in [3.05, 3.63) is 81.7 Å². The molecule has 2 aliphatic rings. The van der Waals surface area contributed by atoms with Crippen molar-refractivity contribution in [3.8, 4) is 11.5 Å². The van der Waals surface area contributed by atoms with Gasteiger partial charge in [-0.15, -0.1) is 0 Å². The van der Waals surface area contributed by atoms with Gasteiger partial charge in [0.15, 0.2) is 0 Å². The molecule has 1 aliphatic heterocycles. The van der Waals surface area contributed by atoms with E-state index >= 15 is 0 Å². The molecule has 1 aliphatic carbocycles. The molecule has 0 saturated carbocycles. The van der Waals surface area contributed by atoms with Gasteiger partial charge in [-0.1, -0.05) is 0 Å². The van der Waals surface area contributed by atoms with E-state index in [1.54, 1.807) is 12.2 Å². The van der Waals surface area contributed by atoms with Crippen LogP contribution in [0.4, 0.5) is 0 Å². The van der Waals surface area contributed by atoms with Gasteiger partial charge in [-0.2, -0.15) is 0 Å². The minimum absolute atomic E-state index is 0.00381. The van der Waals surface area contributed by atoms with Crippen LogP contribution in [0.1, 0.15) is 5.56 Å². The van der Waals surface area contributed by atoms with Crippen LogP contribution < -0.4 is 26.7 Å². The molecule has 0 fully saturated rings. The summed E-state index contributed by atoms with van der Waals surface area (Å²) in [6, 6.07) is 16.2. The van der Waals surface area contributed by atoms with Gasteiger partial charge in [0.25, 0.3) is 0 Å². The fourth-order valence-electron chi connectivity index (χ4n) is 2.27. The number of ether oxygens (including phenoxy) is 2. The first-order valence-electron chi connectivity index (χ1n) is 7.37. The van der Waals surface area contributed by atoms with Crippen LogP contribution in [0.2, 0.25) is 0 Å². The predicted molar refractivity (Wildman–Crippen MR) is 97.8 cm³/mol. The number of halogens is 2. The van der Waals surface area contributed by atoms with E-state index in [0.717, 1.165) is 22.8 Å². The average molecular weight is 543 g/mol. The summed E-state index contributed by atoms with van der Waals surface area (Å²) in [4.78, 5) is 11.6. The van der Waals surface area contributed by atoms with Gasteiger partial charge in [-0.25, -0.2) is 0 Å². The molecule has 0 radical (unpaired) electrons.